The second-order valence-corrected chi connectivity index (χ2v) is 8.34. The van der Waals surface area contributed by atoms with E-state index in [4.69, 9.17) is 0 Å². The minimum absolute atomic E-state index is 0.108. The molecule has 2 aromatic rings. The highest BCUT2D eigenvalue weighted by atomic mass is 79.9. The van der Waals surface area contributed by atoms with E-state index in [-0.39, 0.29) is 36.6 Å². The lowest BCUT2D eigenvalue weighted by Gasteiger charge is -2.13. The van der Waals surface area contributed by atoms with E-state index in [1.165, 1.54) is 4.90 Å². The molecule has 4 rings (SSSR count). The summed E-state index contributed by atoms with van der Waals surface area (Å²) in [5.74, 6) is -0.993. The summed E-state index contributed by atoms with van der Waals surface area (Å²) in [5.41, 5.74) is 1.91. The molecule has 7 nitrogen and oxygen atoms in total. The van der Waals surface area contributed by atoms with Crippen molar-refractivity contribution in [1.29, 1.82) is 0 Å². The van der Waals surface area contributed by atoms with Gasteiger partial charge in [-0.25, -0.2) is 0 Å². The first-order valence-electron chi connectivity index (χ1n) is 9.79. The van der Waals surface area contributed by atoms with Crippen LogP contribution in [0, 0.1) is 0 Å². The number of anilines is 1. The number of carbonyl (C=O) groups excluding carboxylic acids is 4. The summed E-state index contributed by atoms with van der Waals surface area (Å²) < 4.78 is 0.736. The number of benzene rings is 2. The van der Waals surface area contributed by atoms with Gasteiger partial charge in [-0.15, -0.1) is 0 Å². The zero-order chi connectivity index (χ0) is 21.3. The van der Waals surface area contributed by atoms with Crippen molar-refractivity contribution in [2.24, 2.45) is 0 Å². The average molecular weight is 470 g/mol. The second-order valence-electron chi connectivity index (χ2n) is 7.43. The summed E-state index contributed by atoms with van der Waals surface area (Å²) in [6, 6.07) is 12.0. The van der Waals surface area contributed by atoms with Crippen molar-refractivity contribution in [2.75, 3.05) is 11.9 Å². The van der Waals surface area contributed by atoms with E-state index in [0.29, 0.717) is 34.8 Å². The average Bonchev–Trinajstić information content (AvgIpc) is 3.51. The number of nitrogens with zero attached hydrogens (tertiary/aromatic N) is 1. The molecule has 2 aliphatic rings. The number of rotatable bonds is 7. The minimum atomic E-state index is -0.336. The maximum atomic E-state index is 12.4. The van der Waals surface area contributed by atoms with Gasteiger partial charge in [-0.3, -0.25) is 24.1 Å². The molecule has 154 valence electrons. The quantitative estimate of drug-likeness (QED) is 0.607. The van der Waals surface area contributed by atoms with Gasteiger partial charge in [0.15, 0.2) is 0 Å². The molecule has 1 aliphatic heterocycles. The van der Waals surface area contributed by atoms with Gasteiger partial charge in [0, 0.05) is 34.7 Å². The van der Waals surface area contributed by atoms with Crippen LogP contribution in [0.25, 0.3) is 0 Å². The highest BCUT2D eigenvalue weighted by Crippen LogP contribution is 2.26. The number of halogens is 1. The molecule has 8 heteroatoms. The van der Waals surface area contributed by atoms with E-state index in [1.807, 2.05) is 0 Å². The molecular weight excluding hydrogens is 450 g/mol. The summed E-state index contributed by atoms with van der Waals surface area (Å²) >= 11 is 3.30. The number of fused-ring (bicyclic) bond motifs is 1. The summed E-state index contributed by atoms with van der Waals surface area (Å²) in [4.78, 5) is 50.2. The Morgan fingerprint density at radius 3 is 2.40 bits per heavy atom. The molecule has 2 N–H and O–H groups in total. The standard InChI is InChI=1S/C22H20BrN3O4/c23-14-5-10-17-18(12-14)22(30)26(21(17)29)11-1-2-19(27)24-15-6-3-13(4-7-15)20(28)25-16-8-9-16/h3-7,10,12,16H,1-2,8-9,11H2,(H,24,27)(H,25,28). The maximum Gasteiger partial charge on any atom is 0.261 e. The molecule has 1 heterocycles. The molecule has 2 aromatic carbocycles. The molecule has 0 bridgehead atoms. The Morgan fingerprint density at radius 2 is 1.70 bits per heavy atom. The van der Waals surface area contributed by atoms with E-state index in [2.05, 4.69) is 26.6 Å². The highest BCUT2D eigenvalue weighted by molar-refractivity contribution is 9.10. The van der Waals surface area contributed by atoms with Crippen molar-refractivity contribution in [3.8, 4) is 0 Å². The lowest BCUT2D eigenvalue weighted by atomic mass is 10.1. The van der Waals surface area contributed by atoms with Crippen LogP contribution in [0.2, 0.25) is 0 Å². The van der Waals surface area contributed by atoms with Crippen LogP contribution in [0.4, 0.5) is 5.69 Å². The van der Waals surface area contributed by atoms with Crippen LogP contribution in [0.15, 0.2) is 46.9 Å². The Morgan fingerprint density at radius 1 is 1.00 bits per heavy atom. The highest BCUT2D eigenvalue weighted by Gasteiger charge is 2.35. The van der Waals surface area contributed by atoms with Crippen LogP contribution < -0.4 is 10.6 Å². The number of carbonyl (C=O) groups is 4. The number of imide groups is 1. The third-order valence-corrected chi connectivity index (χ3v) is 5.55. The Balaban J connectivity index is 1.26. The van der Waals surface area contributed by atoms with Gasteiger partial charge >= 0.3 is 0 Å². The fraction of sp³-hybridized carbons (Fsp3) is 0.273. The summed E-state index contributed by atoms with van der Waals surface area (Å²) in [5, 5.41) is 5.68. The normalized spacial score (nSPS) is 15.2. The molecule has 4 amide bonds. The van der Waals surface area contributed by atoms with Crippen LogP contribution in [0.3, 0.4) is 0 Å². The fourth-order valence-corrected chi connectivity index (χ4v) is 3.65. The summed E-state index contributed by atoms with van der Waals surface area (Å²) in [6.07, 6.45) is 2.58. The van der Waals surface area contributed by atoms with Crippen LogP contribution in [-0.4, -0.2) is 41.1 Å². The first-order chi connectivity index (χ1) is 14.4. The Kier molecular flexibility index (Phi) is 5.67. The molecule has 0 spiro atoms. The van der Waals surface area contributed by atoms with Crippen molar-refractivity contribution in [1.82, 2.24) is 10.2 Å². The molecule has 0 aromatic heterocycles. The van der Waals surface area contributed by atoms with Gasteiger partial charge in [0.05, 0.1) is 11.1 Å². The first-order valence-corrected chi connectivity index (χ1v) is 10.6. The molecule has 0 saturated heterocycles. The molecule has 0 radical (unpaired) electrons. The van der Waals surface area contributed by atoms with E-state index in [9.17, 15) is 19.2 Å². The topological polar surface area (TPSA) is 95.6 Å². The monoisotopic (exact) mass is 469 g/mol. The molecular formula is C22H20BrN3O4. The number of nitrogens with one attached hydrogen (secondary N) is 2. The molecule has 0 atom stereocenters. The second kappa shape index (κ2) is 8.39. The molecule has 1 saturated carbocycles. The van der Waals surface area contributed by atoms with Gasteiger partial charge in [-0.2, -0.15) is 0 Å². The predicted molar refractivity (Wildman–Crippen MR) is 114 cm³/mol. The van der Waals surface area contributed by atoms with E-state index in [0.717, 1.165) is 17.3 Å². The van der Waals surface area contributed by atoms with Gasteiger partial charge in [0.25, 0.3) is 17.7 Å². The van der Waals surface area contributed by atoms with E-state index >= 15 is 0 Å². The molecule has 1 fully saturated rings. The van der Waals surface area contributed by atoms with Crippen molar-refractivity contribution >= 4 is 45.2 Å². The van der Waals surface area contributed by atoms with Crippen molar-refractivity contribution < 1.29 is 19.2 Å². The smallest absolute Gasteiger partial charge is 0.261 e. The number of amides is 4. The van der Waals surface area contributed by atoms with Gasteiger partial charge < -0.3 is 10.6 Å². The number of hydrogen-bond donors (Lipinski definition) is 2. The molecule has 30 heavy (non-hydrogen) atoms. The lowest BCUT2D eigenvalue weighted by Crippen LogP contribution is -2.31. The summed E-state index contributed by atoms with van der Waals surface area (Å²) in [6.45, 7) is 0.178. The van der Waals surface area contributed by atoms with E-state index in [1.54, 1.807) is 42.5 Å². The maximum absolute atomic E-state index is 12.4. The first kappa shape index (κ1) is 20.3. The SMILES string of the molecule is O=C(CCCN1C(=O)c2ccc(Br)cc2C1=O)Nc1ccc(C(=O)NC2CC2)cc1. The van der Waals surface area contributed by atoms with Crippen LogP contribution >= 0.6 is 15.9 Å². The van der Waals surface area contributed by atoms with Crippen molar-refractivity contribution in [3.05, 3.63) is 63.6 Å². The molecule has 1 aliphatic carbocycles. The molecule has 0 unspecified atom stereocenters. The number of hydrogen-bond acceptors (Lipinski definition) is 4. The Bertz CT molecular complexity index is 1030. The summed E-state index contributed by atoms with van der Waals surface area (Å²) in [7, 11) is 0. The van der Waals surface area contributed by atoms with Crippen molar-refractivity contribution in [2.45, 2.75) is 31.7 Å². The van der Waals surface area contributed by atoms with Crippen LogP contribution in [-0.2, 0) is 4.79 Å². The Labute approximate surface area is 181 Å². The van der Waals surface area contributed by atoms with E-state index < -0.39 is 0 Å². The van der Waals surface area contributed by atoms with Gasteiger partial charge in [0.2, 0.25) is 5.91 Å². The lowest BCUT2D eigenvalue weighted by molar-refractivity contribution is -0.116. The van der Waals surface area contributed by atoms with Gasteiger partial charge in [0.1, 0.15) is 0 Å². The van der Waals surface area contributed by atoms with Crippen LogP contribution in [0.5, 0.6) is 0 Å². The minimum Gasteiger partial charge on any atom is -0.349 e. The van der Waals surface area contributed by atoms with Gasteiger partial charge in [-0.05, 0) is 61.7 Å². The van der Waals surface area contributed by atoms with Crippen LogP contribution in [0.1, 0.15) is 56.8 Å². The fourth-order valence-electron chi connectivity index (χ4n) is 3.29. The predicted octanol–water partition coefficient (Wildman–Crippen LogP) is 3.36. The largest absolute Gasteiger partial charge is 0.349 e. The Hall–Kier alpha value is -3.00. The zero-order valence-corrected chi connectivity index (χ0v) is 17.7. The van der Waals surface area contributed by atoms with Gasteiger partial charge in [-0.1, -0.05) is 15.9 Å². The third kappa shape index (κ3) is 4.43. The van der Waals surface area contributed by atoms with Crippen molar-refractivity contribution in [3.63, 3.8) is 0 Å². The third-order valence-electron chi connectivity index (χ3n) is 5.06. The zero-order valence-electron chi connectivity index (χ0n) is 16.1.